The molecule has 3 atom stereocenters. The van der Waals surface area contributed by atoms with Crippen molar-refractivity contribution in [1.29, 1.82) is 0 Å². The van der Waals surface area contributed by atoms with Gasteiger partial charge in [-0.2, -0.15) is 0 Å². The van der Waals surface area contributed by atoms with Crippen LogP contribution in [0.4, 0.5) is 0 Å². The average Bonchev–Trinajstić information content (AvgIpc) is 3.29. The van der Waals surface area contributed by atoms with Crippen molar-refractivity contribution in [3.63, 3.8) is 0 Å². The van der Waals surface area contributed by atoms with Gasteiger partial charge in [-0.3, -0.25) is 13.8 Å². The zero-order chi connectivity index (χ0) is 49.2. The number of rotatable bonds is 56. The molecule has 0 aromatic carbocycles. The number of quaternary nitrogens is 1. The Morgan fingerprint density at radius 1 is 0.448 bits per heavy atom. The minimum atomic E-state index is -4.32. The van der Waals surface area contributed by atoms with Crippen molar-refractivity contribution in [2.75, 3.05) is 40.9 Å². The Morgan fingerprint density at radius 2 is 0.716 bits per heavy atom. The maximum atomic E-state index is 13.0. The molecular formula is C58H120N2O6P+. The van der Waals surface area contributed by atoms with Crippen molar-refractivity contribution in [2.45, 2.75) is 328 Å². The molecule has 0 aliphatic rings. The monoisotopic (exact) mass is 972 g/mol. The Bertz CT molecular complexity index is 1060. The van der Waals surface area contributed by atoms with E-state index in [1.165, 1.54) is 250 Å². The van der Waals surface area contributed by atoms with Gasteiger partial charge in [0.15, 0.2) is 0 Å². The zero-order valence-electron chi connectivity index (χ0n) is 45.9. The van der Waals surface area contributed by atoms with Crippen molar-refractivity contribution in [2.24, 2.45) is 0 Å². The fourth-order valence-electron chi connectivity index (χ4n) is 9.40. The molecule has 0 radical (unpaired) electrons. The predicted octanol–water partition coefficient (Wildman–Crippen LogP) is 18.0. The smallest absolute Gasteiger partial charge is 0.391 e. The quantitative estimate of drug-likeness (QED) is 0.0319. The van der Waals surface area contributed by atoms with E-state index in [1.807, 2.05) is 21.1 Å². The van der Waals surface area contributed by atoms with Crippen molar-refractivity contribution in [3.8, 4) is 0 Å². The number of nitrogens with zero attached hydrogens (tertiary/aromatic N) is 1. The van der Waals surface area contributed by atoms with Gasteiger partial charge in [0.25, 0.3) is 0 Å². The molecule has 9 heteroatoms. The number of aliphatic hydroxyl groups is 1. The summed E-state index contributed by atoms with van der Waals surface area (Å²) in [6.07, 6.45) is 60.3. The van der Waals surface area contributed by atoms with Crippen LogP contribution in [0.1, 0.15) is 316 Å². The number of hydrogen-bond acceptors (Lipinski definition) is 5. The second-order valence-electron chi connectivity index (χ2n) is 22.1. The SMILES string of the molecule is CCCCCCCCCCCCCCCCCCCCCCCCCCCCCCCCC(=O)NC(COP(=O)(O)OCC[N+](C)(C)C)C(O)CCCCCCCCCCCCCCCCC. The van der Waals surface area contributed by atoms with Crippen LogP contribution in [-0.4, -0.2) is 73.4 Å². The van der Waals surface area contributed by atoms with Gasteiger partial charge in [0, 0.05) is 6.42 Å². The molecule has 67 heavy (non-hydrogen) atoms. The molecule has 0 bridgehead atoms. The summed E-state index contributed by atoms with van der Waals surface area (Å²) in [4.78, 5) is 23.3. The summed E-state index contributed by atoms with van der Waals surface area (Å²) in [5.74, 6) is -0.136. The largest absolute Gasteiger partial charge is 0.472 e. The maximum Gasteiger partial charge on any atom is 0.472 e. The molecule has 3 N–H and O–H groups in total. The highest BCUT2D eigenvalue weighted by atomic mass is 31.2. The number of unbranched alkanes of at least 4 members (excludes halogenated alkanes) is 43. The second kappa shape index (κ2) is 50.4. The van der Waals surface area contributed by atoms with Crippen LogP contribution in [0.15, 0.2) is 0 Å². The second-order valence-corrected chi connectivity index (χ2v) is 23.5. The van der Waals surface area contributed by atoms with Crippen LogP contribution in [-0.2, 0) is 18.4 Å². The van der Waals surface area contributed by atoms with Gasteiger partial charge in [-0.1, -0.05) is 296 Å². The lowest BCUT2D eigenvalue weighted by Gasteiger charge is -2.26. The number of phosphoric ester groups is 1. The highest BCUT2D eigenvalue weighted by molar-refractivity contribution is 7.47. The molecule has 0 aliphatic heterocycles. The molecule has 0 fully saturated rings. The van der Waals surface area contributed by atoms with E-state index in [1.54, 1.807) is 0 Å². The topological polar surface area (TPSA) is 105 Å². The highest BCUT2D eigenvalue weighted by Crippen LogP contribution is 2.43. The Kier molecular flexibility index (Phi) is 50.1. The van der Waals surface area contributed by atoms with Crippen LogP contribution in [0.25, 0.3) is 0 Å². The Labute approximate surface area is 419 Å². The van der Waals surface area contributed by atoms with Gasteiger partial charge in [0.2, 0.25) is 5.91 Å². The van der Waals surface area contributed by atoms with Gasteiger partial charge in [-0.25, -0.2) is 4.57 Å². The minimum absolute atomic E-state index is 0.0790. The van der Waals surface area contributed by atoms with Crippen LogP contribution >= 0.6 is 7.82 Å². The van der Waals surface area contributed by atoms with Gasteiger partial charge >= 0.3 is 7.82 Å². The summed E-state index contributed by atoms with van der Waals surface area (Å²) >= 11 is 0. The van der Waals surface area contributed by atoms with E-state index < -0.39 is 20.0 Å². The molecule has 8 nitrogen and oxygen atoms in total. The number of carbonyl (C=O) groups excluding carboxylic acids is 1. The van der Waals surface area contributed by atoms with E-state index in [9.17, 15) is 19.4 Å². The van der Waals surface area contributed by atoms with E-state index in [-0.39, 0.29) is 19.1 Å². The molecule has 0 rings (SSSR count). The number of aliphatic hydroxyl groups excluding tert-OH is 1. The third kappa shape index (κ3) is 53.1. The molecule has 0 aromatic rings. The summed E-state index contributed by atoms with van der Waals surface area (Å²) in [6.45, 7) is 4.94. The van der Waals surface area contributed by atoms with E-state index in [4.69, 9.17) is 9.05 Å². The van der Waals surface area contributed by atoms with Crippen LogP contribution in [0, 0.1) is 0 Å². The summed E-state index contributed by atoms with van der Waals surface area (Å²) in [5.41, 5.74) is 0. The van der Waals surface area contributed by atoms with E-state index in [0.717, 1.165) is 38.5 Å². The van der Waals surface area contributed by atoms with Crippen molar-refractivity contribution < 1.29 is 32.9 Å². The summed E-state index contributed by atoms with van der Waals surface area (Å²) < 4.78 is 23.8. The molecule has 0 heterocycles. The first kappa shape index (κ1) is 66.5. The first-order chi connectivity index (χ1) is 32.5. The first-order valence-electron chi connectivity index (χ1n) is 29.9. The molecule has 0 saturated heterocycles. The Hall–Kier alpha value is -0.500. The fourth-order valence-corrected chi connectivity index (χ4v) is 10.1. The van der Waals surface area contributed by atoms with Crippen molar-refractivity contribution in [1.82, 2.24) is 5.32 Å². The van der Waals surface area contributed by atoms with Crippen LogP contribution in [0.5, 0.6) is 0 Å². The van der Waals surface area contributed by atoms with E-state index in [2.05, 4.69) is 19.2 Å². The first-order valence-corrected chi connectivity index (χ1v) is 31.4. The molecule has 0 aromatic heterocycles. The maximum absolute atomic E-state index is 13.0. The third-order valence-electron chi connectivity index (χ3n) is 14.1. The average molecular weight is 973 g/mol. The molecule has 3 unspecified atom stereocenters. The van der Waals surface area contributed by atoms with Gasteiger partial charge in [0.1, 0.15) is 13.2 Å². The number of hydrogen-bond donors (Lipinski definition) is 3. The molecule has 0 aliphatic carbocycles. The fraction of sp³-hybridized carbons (Fsp3) is 0.983. The Balaban J connectivity index is 3.99. The lowest BCUT2D eigenvalue weighted by Crippen LogP contribution is -2.46. The number of likely N-dealkylation sites (N-methyl/N-ethyl adjacent to an activating group) is 1. The lowest BCUT2D eigenvalue weighted by atomic mass is 10.0. The molecule has 0 saturated carbocycles. The third-order valence-corrected chi connectivity index (χ3v) is 15.1. The summed E-state index contributed by atoms with van der Waals surface area (Å²) in [6, 6.07) is -0.754. The number of carbonyl (C=O) groups is 1. The van der Waals surface area contributed by atoms with Crippen LogP contribution in [0.3, 0.4) is 0 Å². The van der Waals surface area contributed by atoms with Crippen LogP contribution < -0.4 is 5.32 Å². The van der Waals surface area contributed by atoms with Gasteiger partial charge in [-0.05, 0) is 12.8 Å². The number of nitrogens with one attached hydrogen (secondary N) is 1. The van der Waals surface area contributed by atoms with Crippen LogP contribution in [0.2, 0.25) is 0 Å². The van der Waals surface area contributed by atoms with E-state index in [0.29, 0.717) is 23.9 Å². The van der Waals surface area contributed by atoms with Crippen molar-refractivity contribution in [3.05, 3.63) is 0 Å². The Morgan fingerprint density at radius 3 is 1.00 bits per heavy atom. The number of amides is 1. The normalized spacial score (nSPS) is 13.8. The predicted molar refractivity (Wildman–Crippen MR) is 291 cm³/mol. The van der Waals surface area contributed by atoms with E-state index >= 15 is 0 Å². The zero-order valence-corrected chi connectivity index (χ0v) is 46.8. The molecule has 0 spiro atoms. The lowest BCUT2D eigenvalue weighted by molar-refractivity contribution is -0.870. The van der Waals surface area contributed by atoms with Gasteiger partial charge in [0.05, 0.1) is 39.9 Å². The summed E-state index contributed by atoms with van der Waals surface area (Å²) in [7, 11) is 1.64. The van der Waals surface area contributed by atoms with Gasteiger partial charge < -0.3 is 19.8 Å². The molecule has 1 amide bonds. The molecular weight excluding hydrogens is 852 g/mol. The van der Waals surface area contributed by atoms with Crippen molar-refractivity contribution >= 4 is 13.7 Å². The molecule has 402 valence electrons. The standard InChI is InChI=1S/C58H119N2O6P/c1-6-8-10-12-14-16-18-20-22-23-24-25-26-27-28-29-30-31-32-33-34-35-36-38-40-42-44-46-48-50-52-58(62)59-56(55-66-67(63,64)65-54-53-60(3,4)5)57(61)51-49-47-45-43-41-39-37-21-19-17-15-13-11-9-7-2/h56-57,61H,6-55H2,1-5H3,(H-,59,62,63,64)/p+1. The van der Waals surface area contributed by atoms with Gasteiger partial charge in [-0.15, -0.1) is 0 Å². The highest BCUT2D eigenvalue weighted by Gasteiger charge is 2.28. The summed E-state index contributed by atoms with van der Waals surface area (Å²) in [5, 5.41) is 14.1. The number of phosphoric acid groups is 1. The minimum Gasteiger partial charge on any atom is -0.391 e.